The molecule has 0 amide bonds. The molecule has 1 N–H and O–H groups in total. The molecule has 0 saturated heterocycles. The van der Waals surface area contributed by atoms with Gasteiger partial charge in [-0.15, -0.1) is 0 Å². The Morgan fingerprint density at radius 2 is 1.84 bits per heavy atom. The van der Waals surface area contributed by atoms with Gasteiger partial charge in [0.25, 0.3) is 0 Å². The van der Waals surface area contributed by atoms with Gasteiger partial charge in [-0.3, -0.25) is 10.1 Å². The van der Waals surface area contributed by atoms with Crippen molar-refractivity contribution in [3.05, 3.63) is 45.5 Å². The molecule has 0 aliphatic carbocycles. The first-order valence-electron chi connectivity index (χ1n) is 5.63. The van der Waals surface area contributed by atoms with Gasteiger partial charge in [0.2, 0.25) is 6.54 Å². The van der Waals surface area contributed by atoms with Crippen LogP contribution in [0, 0.1) is 10.1 Å². The number of nitro groups is 1. The third-order valence-electron chi connectivity index (χ3n) is 2.35. The summed E-state index contributed by atoms with van der Waals surface area (Å²) in [4.78, 5) is 32.2. The molecule has 1 aromatic carbocycles. The average Bonchev–Trinajstić information content (AvgIpc) is 2.37. The molecular weight excluding hydrogens is 254 g/mol. The lowest BCUT2D eigenvalue weighted by Crippen LogP contribution is -2.12. The van der Waals surface area contributed by atoms with Crippen LogP contribution in [-0.4, -0.2) is 35.1 Å². The molecule has 0 aliphatic rings. The van der Waals surface area contributed by atoms with Crippen molar-refractivity contribution in [2.45, 2.75) is 12.8 Å². The largest absolute Gasteiger partial charge is 0.478 e. The lowest BCUT2D eigenvalue weighted by atomic mass is 10.1. The van der Waals surface area contributed by atoms with Gasteiger partial charge in [0.15, 0.2) is 0 Å². The van der Waals surface area contributed by atoms with Crippen LogP contribution in [0.2, 0.25) is 0 Å². The Balaban J connectivity index is 2.50. The first-order valence-corrected chi connectivity index (χ1v) is 5.63. The first-order chi connectivity index (χ1) is 9.02. The topological polar surface area (TPSA) is 107 Å². The van der Waals surface area contributed by atoms with Crippen LogP contribution in [0.1, 0.15) is 33.6 Å². The highest BCUT2D eigenvalue weighted by molar-refractivity contribution is 6.02. The molecule has 0 radical (unpaired) electrons. The molecule has 0 aromatic heterocycles. The Morgan fingerprint density at radius 3 is 2.42 bits per heavy atom. The van der Waals surface area contributed by atoms with Crippen LogP contribution >= 0.6 is 0 Å². The zero-order chi connectivity index (χ0) is 14.3. The highest BCUT2D eigenvalue weighted by Crippen LogP contribution is 2.10. The lowest BCUT2D eigenvalue weighted by molar-refractivity contribution is -0.480. The van der Waals surface area contributed by atoms with Crippen LogP contribution in [0.5, 0.6) is 0 Å². The summed E-state index contributed by atoms with van der Waals surface area (Å²) in [6, 6.07) is 5.72. The van der Waals surface area contributed by atoms with Crippen molar-refractivity contribution in [2.75, 3.05) is 13.2 Å². The van der Waals surface area contributed by atoms with E-state index in [1.165, 1.54) is 24.3 Å². The summed E-state index contributed by atoms with van der Waals surface area (Å²) in [7, 11) is 0. The fraction of sp³-hybridized carbons (Fsp3) is 0.333. The number of unbranched alkanes of at least 4 members (excludes halogenated alkanes) is 1. The Bertz CT molecular complexity index is 485. The van der Waals surface area contributed by atoms with Crippen molar-refractivity contribution < 1.29 is 24.4 Å². The molecule has 0 heterocycles. The van der Waals surface area contributed by atoms with E-state index >= 15 is 0 Å². The van der Waals surface area contributed by atoms with Crippen molar-refractivity contribution in [1.82, 2.24) is 0 Å². The number of carboxylic acid groups (broad SMARTS) is 1. The molecule has 0 bridgehead atoms. The number of rotatable bonds is 7. The molecule has 0 atom stereocenters. The molecule has 0 saturated carbocycles. The highest BCUT2D eigenvalue weighted by atomic mass is 16.6. The van der Waals surface area contributed by atoms with E-state index in [1.54, 1.807) is 0 Å². The summed E-state index contributed by atoms with van der Waals surface area (Å²) in [5.41, 5.74) is -0.151. The van der Waals surface area contributed by atoms with E-state index in [-0.39, 0.29) is 24.3 Å². The molecule has 0 unspecified atom stereocenters. The van der Waals surface area contributed by atoms with Crippen LogP contribution in [0.4, 0.5) is 0 Å². The van der Waals surface area contributed by atoms with Crippen molar-refractivity contribution in [2.24, 2.45) is 0 Å². The quantitative estimate of drug-likeness (QED) is 0.348. The van der Waals surface area contributed by atoms with Crippen molar-refractivity contribution in [1.29, 1.82) is 0 Å². The number of carbonyl (C=O) groups is 2. The fourth-order valence-corrected chi connectivity index (χ4v) is 1.43. The summed E-state index contributed by atoms with van der Waals surface area (Å²) in [5.74, 6) is -1.94. The van der Waals surface area contributed by atoms with Crippen molar-refractivity contribution >= 4 is 11.9 Å². The molecule has 1 aromatic rings. The number of carbonyl (C=O) groups excluding carboxylic acids is 1. The monoisotopic (exact) mass is 267 g/mol. The second-order valence-electron chi connectivity index (χ2n) is 3.75. The van der Waals surface area contributed by atoms with Crippen LogP contribution in [0.3, 0.4) is 0 Å². The number of ether oxygens (including phenoxy) is 1. The molecule has 7 heteroatoms. The van der Waals surface area contributed by atoms with E-state index in [0.717, 1.165) is 0 Å². The minimum atomic E-state index is -1.21. The summed E-state index contributed by atoms with van der Waals surface area (Å²) in [6.07, 6.45) is 0.669. The zero-order valence-electron chi connectivity index (χ0n) is 10.1. The van der Waals surface area contributed by atoms with Crippen molar-refractivity contribution in [3.8, 4) is 0 Å². The summed E-state index contributed by atoms with van der Waals surface area (Å²) < 4.78 is 4.88. The first kappa shape index (κ1) is 14.6. The van der Waals surface area contributed by atoms with Gasteiger partial charge < -0.3 is 9.84 Å². The minimum Gasteiger partial charge on any atom is -0.478 e. The highest BCUT2D eigenvalue weighted by Gasteiger charge is 2.16. The summed E-state index contributed by atoms with van der Waals surface area (Å²) >= 11 is 0. The van der Waals surface area contributed by atoms with E-state index in [1.807, 2.05) is 0 Å². The van der Waals surface area contributed by atoms with Crippen LogP contribution < -0.4 is 0 Å². The number of esters is 1. The van der Waals surface area contributed by atoms with Crippen molar-refractivity contribution in [3.63, 3.8) is 0 Å². The normalized spacial score (nSPS) is 9.89. The minimum absolute atomic E-state index is 0.0238. The molecule has 7 nitrogen and oxygen atoms in total. The van der Waals surface area contributed by atoms with Crippen LogP contribution in [0.25, 0.3) is 0 Å². The third-order valence-corrected chi connectivity index (χ3v) is 2.35. The summed E-state index contributed by atoms with van der Waals surface area (Å²) in [6.45, 7) is -0.149. The lowest BCUT2D eigenvalue weighted by Gasteiger charge is -2.06. The van der Waals surface area contributed by atoms with Crippen LogP contribution in [0.15, 0.2) is 24.3 Å². The standard InChI is InChI=1S/C12H13NO6/c14-11(15)9-5-1-2-6-10(9)12(16)19-8-4-3-7-13(17)18/h1-2,5-6H,3-4,7-8H2,(H,14,15). The Labute approximate surface area is 109 Å². The van der Waals surface area contributed by atoms with Gasteiger partial charge in [0.1, 0.15) is 0 Å². The Hall–Kier alpha value is -2.44. The average molecular weight is 267 g/mol. The van der Waals surface area contributed by atoms with E-state index in [4.69, 9.17) is 9.84 Å². The maximum absolute atomic E-state index is 11.6. The van der Waals surface area contributed by atoms with Gasteiger partial charge in [0.05, 0.1) is 17.7 Å². The van der Waals surface area contributed by atoms with Gasteiger partial charge in [-0.2, -0.15) is 0 Å². The number of hydrogen-bond donors (Lipinski definition) is 1. The molecule has 19 heavy (non-hydrogen) atoms. The molecule has 0 aliphatic heterocycles. The fourth-order valence-electron chi connectivity index (χ4n) is 1.43. The van der Waals surface area contributed by atoms with Gasteiger partial charge >= 0.3 is 11.9 Å². The number of benzene rings is 1. The number of carboxylic acids is 1. The maximum atomic E-state index is 11.6. The van der Waals surface area contributed by atoms with Gasteiger partial charge in [-0.05, 0) is 18.6 Å². The van der Waals surface area contributed by atoms with Gasteiger partial charge in [0, 0.05) is 11.3 Å². The second-order valence-corrected chi connectivity index (χ2v) is 3.75. The molecular formula is C12H13NO6. The number of aromatic carboxylic acids is 1. The molecule has 0 fully saturated rings. The number of hydrogen-bond acceptors (Lipinski definition) is 5. The maximum Gasteiger partial charge on any atom is 0.339 e. The third kappa shape index (κ3) is 4.74. The zero-order valence-corrected chi connectivity index (χ0v) is 10.1. The van der Waals surface area contributed by atoms with Crippen LogP contribution in [-0.2, 0) is 4.74 Å². The van der Waals surface area contributed by atoms with Gasteiger partial charge in [-0.25, -0.2) is 9.59 Å². The van der Waals surface area contributed by atoms with E-state index in [2.05, 4.69) is 0 Å². The van der Waals surface area contributed by atoms with E-state index < -0.39 is 16.9 Å². The van der Waals surface area contributed by atoms with E-state index in [0.29, 0.717) is 12.8 Å². The SMILES string of the molecule is O=C(O)c1ccccc1C(=O)OCCCC[N+](=O)[O-]. The Kier molecular flexibility index (Phi) is 5.46. The molecule has 0 spiro atoms. The summed E-state index contributed by atoms with van der Waals surface area (Å²) in [5, 5.41) is 19.0. The second kappa shape index (κ2) is 7.10. The van der Waals surface area contributed by atoms with E-state index in [9.17, 15) is 19.7 Å². The predicted molar refractivity (Wildman–Crippen MR) is 64.8 cm³/mol. The van der Waals surface area contributed by atoms with Gasteiger partial charge in [-0.1, -0.05) is 12.1 Å². The molecule has 1 rings (SSSR count). The Morgan fingerprint density at radius 1 is 1.21 bits per heavy atom. The molecule has 102 valence electrons. The smallest absolute Gasteiger partial charge is 0.339 e. The predicted octanol–water partition coefficient (Wildman–Crippen LogP) is 1.60. The number of nitrogens with zero attached hydrogens (tertiary/aromatic N) is 1.